The van der Waals surface area contributed by atoms with E-state index in [0.717, 1.165) is 29.5 Å². The van der Waals surface area contributed by atoms with Crippen molar-refractivity contribution < 1.29 is 9.47 Å². The summed E-state index contributed by atoms with van der Waals surface area (Å²) in [6.07, 6.45) is 0. The number of aryl methyl sites for hydroxylation is 2. The molecule has 0 fully saturated rings. The first-order chi connectivity index (χ1) is 13.0. The molecule has 1 aromatic heterocycles. The number of benzene rings is 1. The molecule has 7 nitrogen and oxygen atoms in total. The van der Waals surface area contributed by atoms with Gasteiger partial charge in [0.2, 0.25) is 0 Å². The highest BCUT2D eigenvalue weighted by Crippen LogP contribution is 2.38. The van der Waals surface area contributed by atoms with Crippen molar-refractivity contribution in [2.24, 2.45) is 12.0 Å². The number of guanidine groups is 1. The highest BCUT2D eigenvalue weighted by molar-refractivity contribution is 14.0. The first-order valence-electron chi connectivity index (χ1n) is 9.08. The van der Waals surface area contributed by atoms with Crippen LogP contribution in [0.25, 0.3) is 0 Å². The van der Waals surface area contributed by atoms with Crippen LogP contribution in [0.15, 0.2) is 17.1 Å². The molecule has 0 spiro atoms. The zero-order valence-corrected chi connectivity index (χ0v) is 19.7. The molecule has 0 bridgehead atoms. The molecule has 154 valence electrons. The van der Waals surface area contributed by atoms with Crippen molar-refractivity contribution in [2.45, 2.75) is 33.9 Å². The quantitative estimate of drug-likeness (QED) is 0.360. The van der Waals surface area contributed by atoms with Crippen molar-refractivity contribution in [3.63, 3.8) is 0 Å². The van der Waals surface area contributed by atoms with Gasteiger partial charge >= 0.3 is 0 Å². The van der Waals surface area contributed by atoms with Crippen molar-refractivity contribution in [1.29, 1.82) is 0 Å². The van der Waals surface area contributed by atoms with Crippen molar-refractivity contribution in [3.8, 4) is 11.5 Å². The Labute approximate surface area is 187 Å². The smallest absolute Gasteiger partial charge is 0.191 e. The molecule has 1 aliphatic heterocycles. The predicted molar refractivity (Wildman–Crippen MR) is 122 cm³/mol. The minimum atomic E-state index is 0. The second-order valence-electron chi connectivity index (χ2n) is 6.42. The first-order valence-corrected chi connectivity index (χ1v) is 9.46. The summed E-state index contributed by atoms with van der Waals surface area (Å²) in [5.41, 5.74) is 4.33. The third-order valence-corrected chi connectivity index (χ3v) is 4.79. The van der Waals surface area contributed by atoms with E-state index in [4.69, 9.17) is 21.1 Å². The van der Waals surface area contributed by atoms with Crippen LogP contribution >= 0.6 is 35.6 Å². The largest absolute Gasteiger partial charge is 0.486 e. The van der Waals surface area contributed by atoms with Gasteiger partial charge in [0.25, 0.3) is 0 Å². The van der Waals surface area contributed by atoms with E-state index < -0.39 is 0 Å². The van der Waals surface area contributed by atoms with Crippen LogP contribution in [0.3, 0.4) is 0 Å². The summed E-state index contributed by atoms with van der Waals surface area (Å²) in [5, 5.41) is 11.7. The van der Waals surface area contributed by atoms with Gasteiger partial charge in [0.1, 0.15) is 13.2 Å². The fourth-order valence-corrected chi connectivity index (χ4v) is 3.30. The Bertz CT molecular complexity index is 853. The third-order valence-electron chi connectivity index (χ3n) is 4.51. The molecule has 0 unspecified atom stereocenters. The molecule has 3 rings (SSSR count). The summed E-state index contributed by atoms with van der Waals surface area (Å²) < 4.78 is 13.1. The van der Waals surface area contributed by atoms with Crippen molar-refractivity contribution >= 4 is 41.5 Å². The minimum absolute atomic E-state index is 0. The van der Waals surface area contributed by atoms with Crippen LogP contribution in [0.1, 0.15) is 29.4 Å². The number of nitrogens with one attached hydrogen (secondary N) is 2. The van der Waals surface area contributed by atoms with E-state index in [1.165, 1.54) is 5.56 Å². The first kappa shape index (κ1) is 22.6. The highest BCUT2D eigenvalue weighted by atomic mass is 127. The molecule has 9 heteroatoms. The topological polar surface area (TPSA) is 72.7 Å². The van der Waals surface area contributed by atoms with Gasteiger partial charge in [0, 0.05) is 31.4 Å². The molecule has 0 aliphatic carbocycles. The van der Waals surface area contributed by atoms with Crippen molar-refractivity contribution in [2.75, 3.05) is 19.8 Å². The number of rotatable bonds is 5. The van der Waals surface area contributed by atoms with Crippen molar-refractivity contribution in [1.82, 2.24) is 20.4 Å². The van der Waals surface area contributed by atoms with Crippen LogP contribution in [0, 0.1) is 13.8 Å². The van der Waals surface area contributed by atoms with Gasteiger partial charge in [-0.3, -0.25) is 4.68 Å². The summed E-state index contributed by atoms with van der Waals surface area (Å²) in [4.78, 5) is 4.67. The van der Waals surface area contributed by atoms with Gasteiger partial charge in [-0.25, -0.2) is 4.99 Å². The molecule has 1 aromatic carbocycles. The van der Waals surface area contributed by atoms with E-state index in [1.807, 2.05) is 37.7 Å². The number of hydrogen-bond acceptors (Lipinski definition) is 4. The Kier molecular flexibility index (Phi) is 8.23. The van der Waals surface area contributed by atoms with Crippen LogP contribution in [0.2, 0.25) is 5.02 Å². The van der Waals surface area contributed by atoms with Gasteiger partial charge in [0.05, 0.1) is 17.3 Å². The molecule has 2 heterocycles. The van der Waals surface area contributed by atoms with Crippen molar-refractivity contribution in [3.05, 3.63) is 39.7 Å². The number of fused-ring (bicyclic) bond motifs is 1. The van der Waals surface area contributed by atoms with Gasteiger partial charge in [-0.1, -0.05) is 11.6 Å². The second kappa shape index (κ2) is 10.2. The molecule has 1 aliphatic rings. The molecule has 2 N–H and O–H groups in total. The number of aromatic nitrogens is 2. The minimum Gasteiger partial charge on any atom is -0.486 e. The second-order valence-corrected chi connectivity index (χ2v) is 6.83. The molecule has 2 aromatic rings. The zero-order chi connectivity index (χ0) is 19.4. The van der Waals surface area contributed by atoms with Crippen LogP contribution in [-0.4, -0.2) is 35.5 Å². The molecule has 0 atom stereocenters. The Morgan fingerprint density at radius 1 is 1.25 bits per heavy atom. The summed E-state index contributed by atoms with van der Waals surface area (Å²) in [6.45, 7) is 9.10. The maximum atomic E-state index is 6.31. The normalized spacial score (nSPS) is 13.1. The maximum Gasteiger partial charge on any atom is 0.191 e. The van der Waals surface area contributed by atoms with Gasteiger partial charge in [-0.2, -0.15) is 5.10 Å². The summed E-state index contributed by atoms with van der Waals surface area (Å²) in [7, 11) is 1.96. The average molecular weight is 520 g/mol. The standard InChI is InChI=1S/C19H26ClN5O2.HI/c1-5-21-19(23-11-15-12(2)24-25(4)13(15)3)22-10-14-8-16(20)18-17(9-14)26-6-7-27-18;/h8-9H,5-7,10-11H2,1-4H3,(H2,21,22,23);1H. The van der Waals surface area contributed by atoms with Crippen LogP contribution < -0.4 is 20.1 Å². The van der Waals surface area contributed by atoms with Crippen LogP contribution in [-0.2, 0) is 20.1 Å². The number of hydrogen-bond donors (Lipinski definition) is 2. The van der Waals surface area contributed by atoms with E-state index in [2.05, 4.69) is 27.6 Å². The average Bonchev–Trinajstić information content (AvgIpc) is 2.89. The van der Waals surface area contributed by atoms with E-state index in [1.54, 1.807) is 0 Å². The molecular formula is C19H27ClIN5O2. The summed E-state index contributed by atoms with van der Waals surface area (Å²) in [5.74, 6) is 2.04. The maximum absolute atomic E-state index is 6.31. The Morgan fingerprint density at radius 3 is 2.68 bits per heavy atom. The molecule has 0 radical (unpaired) electrons. The molecule has 0 saturated heterocycles. The van der Waals surface area contributed by atoms with Gasteiger partial charge in [-0.05, 0) is 38.5 Å². The highest BCUT2D eigenvalue weighted by Gasteiger charge is 2.16. The third kappa shape index (κ3) is 5.22. The van der Waals surface area contributed by atoms with E-state index >= 15 is 0 Å². The number of ether oxygens (including phenoxy) is 2. The Morgan fingerprint density at radius 2 is 2.00 bits per heavy atom. The summed E-state index contributed by atoms with van der Waals surface area (Å²) in [6, 6.07) is 3.81. The summed E-state index contributed by atoms with van der Waals surface area (Å²) >= 11 is 6.31. The number of aliphatic imine (C=N–C) groups is 1. The van der Waals surface area contributed by atoms with Crippen LogP contribution in [0.5, 0.6) is 11.5 Å². The van der Waals surface area contributed by atoms with Gasteiger partial charge in [-0.15, -0.1) is 24.0 Å². The fraction of sp³-hybridized carbons (Fsp3) is 0.474. The lowest BCUT2D eigenvalue weighted by molar-refractivity contribution is 0.171. The zero-order valence-electron chi connectivity index (χ0n) is 16.6. The van der Waals surface area contributed by atoms with Crippen LogP contribution in [0.4, 0.5) is 0 Å². The number of nitrogens with zero attached hydrogens (tertiary/aromatic N) is 3. The Balaban J connectivity index is 0.00000280. The predicted octanol–water partition coefficient (Wildman–Crippen LogP) is 3.33. The monoisotopic (exact) mass is 519 g/mol. The number of halogens is 2. The molecular weight excluding hydrogens is 493 g/mol. The fourth-order valence-electron chi connectivity index (χ4n) is 3.01. The Hall–Kier alpha value is -1.68. The lowest BCUT2D eigenvalue weighted by Crippen LogP contribution is -2.37. The van der Waals surface area contributed by atoms with E-state index in [0.29, 0.717) is 42.8 Å². The molecule has 0 saturated carbocycles. The molecule has 28 heavy (non-hydrogen) atoms. The SMILES string of the molecule is CCNC(=NCc1cc(Cl)c2c(c1)OCCO2)NCc1c(C)nn(C)c1C.I. The lowest BCUT2D eigenvalue weighted by Gasteiger charge is -2.20. The van der Waals surface area contributed by atoms with E-state index in [9.17, 15) is 0 Å². The lowest BCUT2D eigenvalue weighted by atomic mass is 10.2. The van der Waals surface area contributed by atoms with Gasteiger partial charge in [0.15, 0.2) is 17.5 Å². The van der Waals surface area contributed by atoms with Gasteiger partial charge < -0.3 is 20.1 Å². The van der Waals surface area contributed by atoms with E-state index in [-0.39, 0.29) is 24.0 Å². The molecule has 0 amide bonds.